The molecule has 1 spiro atoms. The Morgan fingerprint density at radius 2 is 2.09 bits per heavy atom. The lowest BCUT2D eigenvalue weighted by Crippen LogP contribution is -2.54. The number of likely N-dealkylation sites (tertiary alicyclic amines) is 1. The van der Waals surface area contributed by atoms with Crippen molar-refractivity contribution in [2.45, 2.75) is 56.8 Å². The Morgan fingerprint density at radius 1 is 1.30 bits per heavy atom. The van der Waals surface area contributed by atoms with E-state index in [0.717, 1.165) is 57.3 Å². The fourth-order valence-corrected chi connectivity index (χ4v) is 3.94. The third kappa shape index (κ3) is 3.74. The summed E-state index contributed by atoms with van der Waals surface area (Å²) < 4.78 is 6.11. The van der Waals surface area contributed by atoms with Gasteiger partial charge >= 0.3 is 0 Å². The number of piperidine rings is 1. The van der Waals surface area contributed by atoms with Gasteiger partial charge in [-0.05, 0) is 43.4 Å². The zero-order chi connectivity index (χ0) is 16.3. The summed E-state index contributed by atoms with van der Waals surface area (Å²) in [4.78, 5) is 2.42. The van der Waals surface area contributed by atoms with Gasteiger partial charge in [-0.25, -0.2) is 0 Å². The summed E-state index contributed by atoms with van der Waals surface area (Å²) in [6.45, 7) is 5.59. The van der Waals surface area contributed by atoms with Crippen molar-refractivity contribution in [3.63, 3.8) is 0 Å². The molecule has 3 rings (SSSR count). The molecule has 2 fully saturated rings. The SMILES string of the molecule is CCC1(O)CCOC2(CCN(Cc3cccc(C#N)c3)CC2)C1. The number of hydrogen-bond acceptors (Lipinski definition) is 4. The van der Waals surface area contributed by atoms with Crippen LogP contribution in [0.5, 0.6) is 0 Å². The molecular formula is C19H26N2O2. The van der Waals surface area contributed by atoms with Crippen molar-refractivity contribution in [3.8, 4) is 6.07 Å². The van der Waals surface area contributed by atoms with Gasteiger partial charge < -0.3 is 9.84 Å². The van der Waals surface area contributed by atoms with Gasteiger partial charge in [0.2, 0.25) is 0 Å². The molecule has 0 bridgehead atoms. The van der Waals surface area contributed by atoms with Gasteiger partial charge in [-0.2, -0.15) is 5.26 Å². The Morgan fingerprint density at radius 3 is 2.78 bits per heavy atom. The molecule has 0 radical (unpaired) electrons. The van der Waals surface area contributed by atoms with E-state index in [4.69, 9.17) is 10.00 Å². The number of nitrogens with zero attached hydrogens (tertiary/aromatic N) is 2. The van der Waals surface area contributed by atoms with E-state index < -0.39 is 5.60 Å². The summed E-state index contributed by atoms with van der Waals surface area (Å²) in [5.74, 6) is 0. The van der Waals surface area contributed by atoms with Crippen molar-refractivity contribution in [1.82, 2.24) is 4.90 Å². The molecule has 2 heterocycles. The van der Waals surface area contributed by atoms with Crippen molar-refractivity contribution in [3.05, 3.63) is 35.4 Å². The van der Waals surface area contributed by atoms with E-state index in [1.807, 2.05) is 18.2 Å². The molecule has 2 saturated heterocycles. The molecule has 0 amide bonds. The van der Waals surface area contributed by atoms with E-state index in [-0.39, 0.29) is 5.60 Å². The maximum Gasteiger partial charge on any atom is 0.0991 e. The third-order valence-corrected chi connectivity index (χ3v) is 5.51. The molecule has 0 saturated carbocycles. The average Bonchev–Trinajstić information content (AvgIpc) is 2.57. The predicted molar refractivity (Wildman–Crippen MR) is 88.8 cm³/mol. The quantitative estimate of drug-likeness (QED) is 0.932. The number of benzene rings is 1. The van der Waals surface area contributed by atoms with E-state index in [9.17, 15) is 5.11 Å². The first-order valence-electron chi connectivity index (χ1n) is 8.64. The lowest BCUT2D eigenvalue weighted by molar-refractivity contribution is -0.179. The Bertz CT molecular complexity index is 587. The predicted octanol–water partition coefficient (Wildman–Crippen LogP) is 2.84. The summed E-state index contributed by atoms with van der Waals surface area (Å²) in [6.07, 6.45) is 4.30. The molecule has 23 heavy (non-hydrogen) atoms. The minimum absolute atomic E-state index is 0.131. The van der Waals surface area contributed by atoms with Crippen molar-refractivity contribution in [2.75, 3.05) is 19.7 Å². The zero-order valence-corrected chi connectivity index (χ0v) is 13.9. The van der Waals surface area contributed by atoms with Gasteiger partial charge in [-0.3, -0.25) is 4.90 Å². The molecule has 4 nitrogen and oxygen atoms in total. The van der Waals surface area contributed by atoms with E-state index >= 15 is 0 Å². The van der Waals surface area contributed by atoms with Crippen LogP contribution in [-0.4, -0.2) is 40.9 Å². The molecule has 0 aliphatic carbocycles. The smallest absolute Gasteiger partial charge is 0.0991 e. The molecule has 0 aromatic heterocycles. The van der Waals surface area contributed by atoms with Crippen molar-refractivity contribution >= 4 is 0 Å². The molecule has 124 valence electrons. The normalized spacial score (nSPS) is 27.7. The monoisotopic (exact) mass is 314 g/mol. The highest BCUT2D eigenvalue weighted by Gasteiger charge is 2.45. The van der Waals surface area contributed by atoms with Crippen LogP contribution in [-0.2, 0) is 11.3 Å². The van der Waals surface area contributed by atoms with E-state index in [1.165, 1.54) is 5.56 Å². The van der Waals surface area contributed by atoms with Gasteiger partial charge in [0.25, 0.3) is 0 Å². The second-order valence-corrected chi connectivity index (χ2v) is 7.12. The van der Waals surface area contributed by atoms with Gasteiger partial charge in [-0.15, -0.1) is 0 Å². The molecular weight excluding hydrogens is 288 g/mol. The van der Waals surface area contributed by atoms with Crippen LogP contribution >= 0.6 is 0 Å². The molecule has 1 N–H and O–H groups in total. The molecule has 2 aliphatic heterocycles. The van der Waals surface area contributed by atoms with Gasteiger partial charge in [-0.1, -0.05) is 19.1 Å². The van der Waals surface area contributed by atoms with Gasteiger partial charge in [0.15, 0.2) is 0 Å². The highest BCUT2D eigenvalue weighted by molar-refractivity contribution is 5.32. The number of nitriles is 1. The summed E-state index contributed by atoms with van der Waals surface area (Å²) in [7, 11) is 0. The first-order valence-corrected chi connectivity index (χ1v) is 8.64. The molecule has 1 atom stereocenters. The Hall–Kier alpha value is -1.41. The number of aliphatic hydroxyl groups is 1. The van der Waals surface area contributed by atoms with Gasteiger partial charge in [0, 0.05) is 26.1 Å². The standard InChI is InChI=1S/C19H26N2O2/c1-2-18(22)8-11-23-19(15-18)6-9-21(10-7-19)14-17-5-3-4-16(12-17)13-20/h3-5,12,22H,2,6-11,14-15H2,1H3. The van der Waals surface area contributed by atoms with E-state index in [2.05, 4.69) is 24.0 Å². The van der Waals surface area contributed by atoms with Crippen LogP contribution in [0.2, 0.25) is 0 Å². The third-order valence-electron chi connectivity index (χ3n) is 5.51. The molecule has 4 heteroatoms. The Kier molecular flexibility index (Phi) is 4.72. The van der Waals surface area contributed by atoms with Crippen molar-refractivity contribution < 1.29 is 9.84 Å². The Labute approximate surface area is 138 Å². The molecule has 1 unspecified atom stereocenters. The molecule has 1 aromatic carbocycles. The highest BCUT2D eigenvalue weighted by Crippen LogP contribution is 2.41. The number of hydrogen-bond donors (Lipinski definition) is 1. The van der Waals surface area contributed by atoms with Crippen molar-refractivity contribution in [1.29, 1.82) is 5.26 Å². The van der Waals surface area contributed by atoms with E-state index in [1.54, 1.807) is 0 Å². The van der Waals surface area contributed by atoms with Crippen LogP contribution in [0, 0.1) is 11.3 Å². The lowest BCUT2D eigenvalue weighted by atomic mass is 9.76. The number of rotatable bonds is 3. The topological polar surface area (TPSA) is 56.5 Å². The summed E-state index contributed by atoms with van der Waals surface area (Å²) in [6, 6.07) is 10.0. The second kappa shape index (κ2) is 6.60. The highest BCUT2D eigenvalue weighted by atomic mass is 16.5. The lowest BCUT2D eigenvalue weighted by Gasteiger charge is -2.49. The molecule has 1 aromatic rings. The minimum atomic E-state index is -0.540. The minimum Gasteiger partial charge on any atom is -0.390 e. The maximum absolute atomic E-state index is 10.6. The first-order chi connectivity index (χ1) is 11.1. The fourth-order valence-electron chi connectivity index (χ4n) is 3.94. The molecule has 2 aliphatic rings. The number of ether oxygens (including phenoxy) is 1. The van der Waals surface area contributed by atoms with Gasteiger partial charge in [0.05, 0.1) is 29.4 Å². The van der Waals surface area contributed by atoms with Crippen LogP contribution < -0.4 is 0 Å². The second-order valence-electron chi connectivity index (χ2n) is 7.12. The zero-order valence-electron chi connectivity index (χ0n) is 13.9. The van der Waals surface area contributed by atoms with Crippen LogP contribution in [0.15, 0.2) is 24.3 Å². The van der Waals surface area contributed by atoms with Crippen LogP contribution in [0.25, 0.3) is 0 Å². The first kappa shape index (κ1) is 16.4. The van der Waals surface area contributed by atoms with E-state index in [0.29, 0.717) is 6.61 Å². The van der Waals surface area contributed by atoms with Crippen LogP contribution in [0.1, 0.15) is 50.2 Å². The fraction of sp³-hybridized carbons (Fsp3) is 0.632. The Balaban J connectivity index is 1.59. The van der Waals surface area contributed by atoms with Crippen LogP contribution in [0.3, 0.4) is 0 Å². The largest absolute Gasteiger partial charge is 0.390 e. The summed E-state index contributed by atoms with van der Waals surface area (Å²) in [5.41, 5.74) is 1.24. The van der Waals surface area contributed by atoms with Gasteiger partial charge in [0.1, 0.15) is 0 Å². The van der Waals surface area contributed by atoms with Crippen molar-refractivity contribution in [2.24, 2.45) is 0 Å². The average molecular weight is 314 g/mol. The summed E-state index contributed by atoms with van der Waals surface area (Å²) >= 11 is 0. The summed E-state index contributed by atoms with van der Waals surface area (Å²) in [5, 5.41) is 19.6. The van der Waals surface area contributed by atoms with Crippen LogP contribution in [0.4, 0.5) is 0 Å². The maximum atomic E-state index is 10.6.